The van der Waals surface area contributed by atoms with Crippen LogP contribution in [0.25, 0.3) is 0 Å². The second-order valence-electron chi connectivity index (χ2n) is 4.25. The molecule has 1 N–H and O–H groups in total. The molecule has 0 aromatic carbocycles. The van der Waals surface area contributed by atoms with Crippen molar-refractivity contribution < 1.29 is 18.0 Å². The van der Waals surface area contributed by atoms with Gasteiger partial charge in [0, 0.05) is 13.6 Å². The average molecular weight is 240 g/mol. The predicted octanol–water partition coefficient (Wildman–Crippen LogP) is 1.79. The SMILES string of the molecule is CCNC(C)(C)C(=O)N(C)CCC(F)(F)F. The van der Waals surface area contributed by atoms with E-state index in [4.69, 9.17) is 0 Å². The van der Waals surface area contributed by atoms with Crippen molar-refractivity contribution in [1.29, 1.82) is 0 Å². The van der Waals surface area contributed by atoms with Gasteiger partial charge in [-0.25, -0.2) is 0 Å². The average Bonchev–Trinajstić information content (AvgIpc) is 2.11. The Kier molecular flexibility index (Phi) is 5.25. The summed E-state index contributed by atoms with van der Waals surface area (Å²) in [5, 5.41) is 2.93. The lowest BCUT2D eigenvalue weighted by Gasteiger charge is -2.30. The van der Waals surface area contributed by atoms with Crippen molar-refractivity contribution in [3.63, 3.8) is 0 Å². The van der Waals surface area contributed by atoms with E-state index < -0.39 is 18.1 Å². The van der Waals surface area contributed by atoms with E-state index in [1.807, 2.05) is 6.92 Å². The number of rotatable bonds is 5. The number of alkyl halides is 3. The Hall–Kier alpha value is -0.780. The zero-order valence-electron chi connectivity index (χ0n) is 10.1. The van der Waals surface area contributed by atoms with Crippen molar-refractivity contribution in [3.05, 3.63) is 0 Å². The van der Waals surface area contributed by atoms with Crippen molar-refractivity contribution in [3.8, 4) is 0 Å². The molecule has 0 aromatic heterocycles. The highest BCUT2D eigenvalue weighted by Gasteiger charge is 2.32. The number of amides is 1. The number of hydrogen-bond acceptors (Lipinski definition) is 2. The first-order valence-electron chi connectivity index (χ1n) is 5.17. The predicted molar refractivity (Wildman–Crippen MR) is 56.1 cm³/mol. The van der Waals surface area contributed by atoms with Crippen LogP contribution in [0.4, 0.5) is 13.2 Å². The first-order valence-corrected chi connectivity index (χ1v) is 5.17. The zero-order valence-corrected chi connectivity index (χ0v) is 10.1. The molecule has 0 saturated carbocycles. The van der Waals surface area contributed by atoms with E-state index in [0.717, 1.165) is 4.90 Å². The van der Waals surface area contributed by atoms with E-state index in [9.17, 15) is 18.0 Å². The van der Waals surface area contributed by atoms with Gasteiger partial charge in [-0.1, -0.05) is 6.92 Å². The molecule has 96 valence electrons. The van der Waals surface area contributed by atoms with E-state index in [-0.39, 0.29) is 12.5 Å². The molecule has 0 aliphatic carbocycles. The number of carbonyl (C=O) groups is 1. The van der Waals surface area contributed by atoms with E-state index in [0.29, 0.717) is 6.54 Å². The van der Waals surface area contributed by atoms with Gasteiger partial charge >= 0.3 is 6.18 Å². The van der Waals surface area contributed by atoms with Crippen molar-refractivity contribution >= 4 is 5.91 Å². The Morgan fingerprint density at radius 2 is 1.81 bits per heavy atom. The summed E-state index contributed by atoms with van der Waals surface area (Å²) < 4.78 is 35.9. The van der Waals surface area contributed by atoms with Crippen molar-refractivity contribution in [2.45, 2.75) is 38.9 Å². The van der Waals surface area contributed by atoms with Crippen molar-refractivity contribution in [1.82, 2.24) is 10.2 Å². The molecule has 0 fully saturated rings. The third kappa shape index (κ3) is 5.34. The Morgan fingerprint density at radius 3 is 2.19 bits per heavy atom. The van der Waals surface area contributed by atoms with Crippen LogP contribution in [-0.4, -0.2) is 42.7 Å². The van der Waals surface area contributed by atoms with Crippen LogP contribution in [0.1, 0.15) is 27.2 Å². The molecular weight excluding hydrogens is 221 g/mol. The maximum absolute atomic E-state index is 12.0. The van der Waals surface area contributed by atoms with Crippen LogP contribution in [0.5, 0.6) is 0 Å². The fourth-order valence-electron chi connectivity index (χ4n) is 1.39. The molecule has 0 unspecified atom stereocenters. The molecule has 0 rings (SSSR count). The largest absolute Gasteiger partial charge is 0.390 e. The highest BCUT2D eigenvalue weighted by Crippen LogP contribution is 2.20. The highest BCUT2D eigenvalue weighted by atomic mass is 19.4. The molecule has 1 amide bonds. The first-order chi connectivity index (χ1) is 7.10. The van der Waals surface area contributed by atoms with Gasteiger partial charge in [0.1, 0.15) is 0 Å². The summed E-state index contributed by atoms with van der Waals surface area (Å²) in [5.41, 5.74) is -0.824. The number of carbonyl (C=O) groups excluding carboxylic acids is 1. The second-order valence-corrected chi connectivity index (χ2v) is 4.25. The molecule has 0 atom stereocenters. The zero-order chi connectivity index (χ0) is 13.0. The number of nitrogens with one attached hydrogen (secondary N) is 1. The molecule has 16 heavy (non-hydrogen) atoms. The summed E-state index contributed by atoms with van der Waals surface area (Å²) >= 11 is 0. The molecule has 0 saturated heterocycles. The molecule has 0 radical (unpaired) electrons. The molecule has 6 heteroatoms. The van der Waals surface area contributed by atoms with Crippen LogP contribution in [-0.2, 0) is 4.79 Å². The number of nitrogens with zero attached hydrogens (tertiary/aromatic N) is 1. The van der Waals surface area contributed by atoms with Gasteiger partial charge in [-0.3, -0.25) is 4.79 Å². The number of hydrogen-bond donors (Lipinski definition) is 1. The van der Waals surface area contributed by atoms with E-state index in [2.05, 4.69) is 5.32 Å². The lowest BCUT2D eigenvalue weighted by Crippen LogP contribution is -2.53. The van der Waals surface area contributed by atoms with Gasteiger partial charge in [-0.05, 0) is 20.4 Å². The second kappa shape index (κ2) is 5.52. The Morgan fingerprint density at radius 1 is 1.31 bits per heavy atom. The van der Waals surface area contributed by atoms with E-state index >= 15 is 0 Å². The minimum atomic E-state index is -4.23. The summed E-state index contributed by atoms with van der Waals surface area (Å²) in [4.78, 5) is 12.9. The molecule has 3 nitrogen and oxygen atoms in total. The van der Waals surface area contributed by atoms with Crippen molar-refractivity contribution in [2.24, 2.45) is 0 Å². The van der Waals surface area contributed by atoms with Crippen LogP contribution in [0, 0.1) is 0 Å². The first kappa shape index (κ1) is 15.2. The van der Waals surface area contributed by atoms with Crippen LogP contribution in [0.2, 0.25) is 0 Å². The molecule has 0 aromatic rings. The van der Waals surface area contributed by atoms with E-state index in [1.165, 1.54) is 7.05 Å². The van der Waals surface area contributed by atoms with Gasteiger partial charge in [0.05, 0.1) is 12.0 Å². The normalized spacial score (nSPS) is 12.7. The summed E-state index contributed by atoms with van der Waals surface area (Å²) in [6.45, 7) is 5.43. The van der Waals surface area contributed by atoms with Gasteiger partial charge in [-0.2, -0.15) is 13.2 Å². The minimum absolute atomic E-state index is 0.308. The lowest BCUT2D eigenvalue weighted by atomic mass is 10.0. The fraction of sp³-hybridized carbons (Fsp3) is 0.900. The minimum Gasteiger partial charge on any atom is -0.344 e. The summed E-state index contributed by atoms with van der Waals surface area (Å²) in [5.74, 6) is -0.335. The lowest BCUT2D eigenvalue weighted by molar-refractivity contribution is -0.147. The third-order valence-electron chi connectivity index (χ3n) is 2.23. The van der Waals surface area contributed by atoms with Crippen molar-refractivity contribution in [2.75, 3.05) is 20.1 Å². The van der Waals surface area contributed by atoms with E-state index in [1.54, 1.807) is 13.8 Å². The molecule has 0 spiro atoms. The van der Waals surface area contributed by atoms with Gasteiger partial charge in [-0.15, -0.1) is 0 Å². The molecule has 0 aliphatic rings. The summed E-state index contributed by atoms with van der Waals surface area (Å²) in [7, 11) is 1.38. The van der Waals surface area contributed by atoms with Crippen LogP contribution < -0.4 is 5.32 Å². The quantitative estimate of drug-likeness (QED) is 0.794. The topological polar surface area (TPSA) is 32.3 Å². The Balaban J connectivity index is 4.28. The number of likely N-dealkylation sites (N-methyl/N-ethyl adjacent to an activating group) is 2. The van der Waals surface area contributed by atoms with Crippen LogP contribution in [0.15, 0.2) is 0 Å². The summed E-state index contributed by atoms with van der Waals surface area (Å²) in [6.07, 6.45) is -5.20. The smallest absolute Gasteiger partial charge is 0.344 e. The number of halogens is 3. The maximum atomic E-state index is 12.0. The Labute approximate surface area is 94.0 Å². The highest BCUT2D eigenvalue weighted by molar-refractivity contribution is 5.85. The molecular formula is C10H19F3N2O. The van der Waals surface area contributed by atoms with Gasteiger partial charge in [0.25, 0.3) is 0 Å². The summed E-state index contributed by atoms with van der Waals surface area (Å²) in [6, 6.07) is 0. The third-order valence-corrected chi connectivity index (χ3v) is 2.23. The fourth-order valence-corrected chi connectivity index (χ4v) is 1.39. The molecule has 0 heterocycles. The maximum Gasteiger partial charge on any atom is 0.390 e. The molecule has 0 aliphatic heterocycles. The van der Waals surface area contributed by atoms with Crippen LogP contribution >= 0.6 is 0 Å². The van der Waals surface area contributed by atoms with Gasteiger partial charge < -0.3 is 10.2 Å². The van der Waals surface area contributed by atoms with Gasteiger partial charge in [0.2, 0.25) is 5.91 Å². The standard InChI is InChI=1S/C10H19F3N2O/c1-5-14-9(2,3)8(16)15(4)7-6-10(11,12)13/h14H,5-7H2,1-4H3. The van der Waals surface area contributed by atoms with Crippen LogP contribution in [0.3, 0.4) is 0 Å². The Bertz CT molecular complexity index is 239. The van der Waals surface area contributed by atoms with Gasteiger partial charge in [0.15, 0.2) is 0 Å². The molecule has 0 bridgehead atoms. The monoisotopic (exact) mass is 240 g/mol.